The molecular formula is C63H119N2O6P. The molecule has 0 bridgehead atoms. The monoisotopic (exact) mass is 1030 g/mol. The van der Waals surface area contributed by atoms with E-state index in [9.17, 15) is 19.4 Å². The van der Waals surface area contributed by atoms with Crippen LogP contribution in [-0.4, -0.2) is 68.5 Å². The Morgan fingerprint density at radius 3 is 1.24 bits per heavy atom. The van der Waals surface area contributed by atoms with Crippen LogP contribution in [0.2, 0.25) is 0 Å². The Bertz CT molecular complexity index is 1360. The molecule has 0 aromatic heterocycles. The van der Waals surface area contributed by atoms with Crippen molar-refractivity contribution in [1.82, 2.24) is 5.32 Å². The van der Waals surface area contributed by atoms with Crippen molar-refractivity contribution in [2.75, 3.05) is 40.9 Å². The standard InChI is InChI=1S/C63H119N2O6P/c1-6-8-10-12-14-16-18-20-22-23-24-25-26-27-28-29-30-31-32-33-34-35-36-37-38-39-40-41-43-45-47-49-51-53-55-57-63(67)64-61(60-71-72(68,69)70-59-58-65(3,4)5)62(66)56-54-52-50-48-46-44-42-21-19-17-15-13-11-9-7-2/h8,10,14,16,20,22,24-25,27-28,61-62,66H,6-7,9,11-13,15,17-19,21,23,26,29-60H2,1-5H3,(H-,64,67,68,69)/b10-8-,16-14-,22-20-,25-24-,28-27-. The second-order valence-electron chi connectivity index (χ2n) is 22.0. The lowest BCUT2D eigenvalue weighted by Gasteiger charge is -2.30. The van der Waals surface area contributed by atoms with Crippen molar-refractivity contribution in [1.29, 1.82) is 0 Å². The zero-order chi connectivity index (χ0) is 52.7. The Balaban J connectivity index is 3.98. The van der Waals surface area contributed by atoms with Gasteiger partial charge in [-0.3, -0.25) is 9.36 Å². The van der Waals surface area contributed by atoms with Gasteiger partial charge in [-0.05, 0) is 57.8 Å². The fraction of sp³-hybridized carbons (Fsp3) is 0.825. The molecule has 1 amide bonds. The van der Waals surface area contributed by atoms with Crippen molar-refractivity contribution in [2.45, 2.75) is 296 Å². The van der Waals surface area contributed by atoms with Gasteiger partial charge in [-0.15, -0.1) is 0 Å². The number of aliphatic hydroxyl groups excluding tert-OH is 1. The third-order valence-electron chi connectivity index (χ3n) is 13.8. The first-order chi connectivity index (χ1) is 35.0. The minimum absolute atomic E-state index is 0.0127. The van der Waals surface area contributed by atoms with Gasteiger partial charge in [0.2, 0.25) is 5.91 Å². The quantitative estimate of drug-likeness (QED) is 0.0272. The number of hydrogen-bond donors (Lipinski definition) is 2. The maximum absolute atomic E-state index is 13.0. The molecule has 0 saturated carbocycles. The van der Waals surface area contributed by atoms with E-state index in [2.05, 4.69) is 79.9 Å². The Hall–Kier alpha value is -1.80. The molecule has 0 saturated heterocycles. The number of rotatable bonds is 56. The van der Waals surface area contributed by atoms with Crippen LogP contribution in [0.25, 0.3) is 0 Å². The van der Waals surface area contributed by atoms with E-state index < -0.39 is 20.0 Å². The van der Waals surface area contributed by atoms with Gasteiger partial charge in [-0.2, -0.15) is 0 Å². The highest BCUT2D eigenvalue weighted by Gasteiger charge is 2.24. The van der Waals surface area contributed by atoms with Gasteiger partial charge in [-0.25, -0.2) is 0 Å². The highest BCUT2D eigenvalue weighted by molar-refractivity contribution is 7.45. The number of amides is 1. The van der Waals surface area contributed by atoms with Crippen molar-refractivity contribution in [3.05, 3.63) is 60.8 Å². The number of hydrogen-bond acceptors (Lipinski definition) is 6. The molecule has 0 fully saturated rings. The molecule has 0 aliphatic rings. The lowest BCUT2D eigenvalue weighted by Crippen LogP contribution is -2.46. The molecule has 9 heteroatoms. The van der Waals surface area contributed by atoms with Gasteiger partial charge >= 0.3 is 0 Å². The zero-order valence-electron chi connectivity index (χ0n) is 48.1. The molecule has 0 spiro atoms. The minimum Gasteiger partial charge on any atom is -0.756 e. The molecule has 0 rings (SSSR count). The lowest BCUT2D eigenvalue weighted by molar-refractivity contribution is -0.870. The van der Waals surface area contributed by atoms with Gasteiger partial charge in [-0.1, -0.05) is 280 Å². The third-order valence-corrected chi connectivity index (χ3v) is 14.7. The summed E-state index contributed by atoms with van der Waals surface area (Å²) in [4.78, 5) is 25.5. The van der Waals surface area contributed by atoms with Crippen molar-refractivity contribution in [3.63, 3.8) is 0 Å². The van der Waals surface area contributed by atoms with Gasteiger partial charge in [0.1, 0.15) is 13.2 Å². The number of nitrogens with one attached hydrogen (secondary N) is 1. The van der Waals surface area contributed by atoms with Crippen LogP contribution in [0.15, 0.2) is 60.8 Å². The van der Waals surface area contributed by atoms with E-state index in [-0.39, 0.29) is 19.1 Å². The summed E-state index contributed by atoms with van der Waals surface area (Å²) in [5, 5.41) is 14.0. The van der Waals surface area contributed by atoms with E-state index in [0.29, 0.717) is 23.9 Å². The van der Waals surface area contributed by atoms with Crippen LogP contribution in [0, 0.1) is 0 Å². The van der Waals surface area contributed by atoms with Gasteiger partial charge in [0.25, 0.3) is 7.82 Å². The number of phosphoric acid groups is 1. The lowest BCUT2D eigenvalue weighted by atomic mass is 10.0. The maximum Gasteiger partial charge on any atom is 0.268 e. The second-order valence-corrected chi connectivity index (χ2v) is 23.4. The predicted molar refractivity (Wildman–Crippen MR) is 311 cm³/mol. The third kappa shape index (κ3) is 55.9. The van der Waals surface area contributed by atoms with Crippen LogP contribution in [0.1, 0.15) is 284 Å². The normalized spacial score (nSPS) is 14.3. The summed E-state index contributed by atoms with van der Waals surface area (Å²) in [5.74, 6) is -0.162. The Morgan fingerprint density at radius 1 is 0.500 bits per heavy atom. The molecule has 3 unspecified atom stereocenters. The molecule has 422 valence electrons. The summed E-state index contributed by atoms with van der Waals surface area (Å²) >= 11 is 0. The van der Waals surface area contributed by atoms with Crippen molar-refractivity contribution >= 4 is 13.7 Å². The smallest absolute Gasteiger partial charge is 0.268 e. The molecule has 0 heterocycles. The Morgan fingerprint density at radius 2 is 0.847 bits per heavy atom. The number of likely N-dealkylation sites (N-methyl/N-ethyl adjacent to an activating group) is 1. The molecule has 0 radical (unpaired) electrons. The molecule has 72 heavy (non-hydrogen) atoms. The summed E-state index contributed by atoms with van der Waals surface area (Å²) in [5.41, 5.74) is 0. The van der Waals surface area contributed by atoms with Crippen LogP contribution in [0.3, 0.4) is 0 Å². The average molecular weight is 1030 g/mol. The molecule has 2 N–H and O–H groups in total. The molecule has 0 aliphatic heterocycles. The average Bonchev–Trinajstić information content (AvgIpc) is 3.34. The summed E-state index contributed by atoms with van der Waals surface area (Å²) in [6.45, 7) is 4.63. The zero-order valence-corrected chi connectivity index (χ0v) is 49.0. The van der Waals surface area contributed by atoms with E-state index >= 15 is 0 Å². The number of nitrogens with zero attached hydrogens (tertiary/aromatic N) is 1. The van der Waals surface area contributed by atoms with Crippen LogP contribution >= 0.6 is 7.82 Å². The number of carbonyl (C=O) groups is 1. The highest BCUT2D eigenvalue weighted by Crippen LogP contribution is 2.38. The first-order valence-corrected chi connectivity index (χ1v) is 32.1. The van der Waals surface area contributed by atoms with Crippen LogP contribution in [0.4, 0.5) is 0 Å². The molecule has 0 aromatic carbocycles. The maximum atomic E-state index is 13.0. The molecule has 0 aliphatic carbocycles. The van der Waals surface area contributed by atoms with Gasteiger partial charge < -0.3 is 28.8 Å². The van der Waals surface area contributed by atoms with Crippen LogP contribution < -0.4 is 10.2 Å². The van der Waals surface area contributed by atoms with Crippen molar-refractivity contribution < 1.29 is 32.9 Å². The predicted octanol–water partition coefficient (Wildman–Crippen LogP) is 18.2. The molecule has 0 aromatic rings. The number of carbonyl (C=O) groups excluding carboxylic acids is 1. The first-order valence-electron chi connectivity index (χ1n) is 30.6. The van der Waals surface area contributed by atoms with Crippen molar-refractivity contribution in [2.24, 2.45) is 0 Å². The summed E-state index contributed by atoms with van der Waals surface area (Å²) in [6.07, 6.45) is 72.7. The number of aliphatic hydroxyl groups is 1. The molecule has 3 atom stereocenters. The topological polar surface area (TPSA) is 108 Å². The number of allylic oxidation sites excluding steroid dienone is 10. The highest BCUT2D eigenvalue weighted by atomic mass is 31.2. The molecular weight excluding hydrogens is 912 g/mol. The minimum atomic E-state index is -4.57. The van der Waals surface area contributed by atoms with Gasteiger partial charge in [0, 0.05) is 6.42 Å². The Labute approximate surface area is 447 Å². The number of unbranched alkanes of at least 4 members (excludes halogenated alkanes) is 33. The molecule has 8 nitrogen and oxygen atoms in total. The summed E-state index contributed by atoms with van der Waals surface area (Å²) in [7, 11) is 1.31. The number of quaternary nitrogens is 1. The van der Waals surface area contributed by atoms with Gasteiger partial charge in [0.05, 0.1) is 39.9 Å². The first kappa shape index (κ1) is 70.2. The van der Waals surface area contributed by atoms with Crippen molar-refractivity contribution in [3.8, 4) is 0 Å². The Kier molecular flexibility index (Phi) is 52.7. The van der Waals surface area contributed by atoms with Gasteiger partial charge in [0.15, 0.2) is 0 Å². The van der Waals surface area contributed by atoms with E-state index in [4.69, 9.17) is 9.05 Å². The van der Waals surface area contributed by atoms with Crippen LogP contribution in [-0.2, 0) is 18.4 Å². The second kappa shape index (κ2) is 54.0. The number of phosphoric ester groups is 1. The summed E-state index contributed by atoms with van der Waals surface area (Å²) < 4.78 is 23.4. The largest absolute Gasteiger partial charge is 0.756 e. The fourth-order valence-corrected chi connectivity index (χ4v) is 9.73. The SMILES string of the molecule is CC/C=C\C/C=C\C/C=C\C/C=C\C/C=C\CCCCCCCCCCCCCCCCCCCCCC(=O)NC(COP(=O)([O-])OCC[N+](C)(C)C)C(O)CCCCCCCCCCCCCCCCC. The van der Waals surface area contributed by atoms with E-state index in [1.165, 1.54) is 186 Å². The van der Waals surface area contributed by atoms with E-state index in [1.54, 1.807) is 0 Å². The van der Waals surface area contributed by atoms with E-state index in [1.807, 2.05) is 21.1 Å². The van der Waals surface area contributed by atoms with Crippen LogP contribution in [0.5, 0.6) is 0 Å². The van der Waals surface area contributed by atoms with E-state index in [0.717, 1.165) is 70.6 Å². The summed E-state index contributed by atoms with van der Waals surface area (Å²) in [6, 6.07) is -0.800. The fourth-order valence-electron chi connectivity index (χ4n) is 9.01.